The minimum absolute atomic E-state index is 0.0215. The molecule has 0 fully saturated rings. The summed E-state index contributed by atoms with van der Waals surface area (Å²) in [6.45, 7) is 10.4. The molecule has 0 N–H and O–H groups in total. The van der Waals surface area contributed by atoms with Gasteiger partial charge in [0.25, 0.3) is 0 Å². The molecule has 3 nitrogen and oxygen atoms in total. The highest BCUT2D eigenvalue weighted by atomic mass is 19.2. The van der Waals surface area contributed by atoms with Gasteiger partial charge in [-0.3, -0.25) is 0 Å². The van der Waals surface area contributed by atoms with Gasteiger partial charge >= 0.3 is 0 Å². The average Bonchev–Trinajstić information content (AvgIpc) is 2.63. The van der Waals surface area contributed by atoms with E-state index in [0.717, 1.165) is 24.0 Å². The van der Waals surface area contributed by atoms with Crippen molar-refractivity contribution >= 4 is 0 Å². The summed E-state index contributed by atoms with van der Waals surface area (Å²) in [6.07, 6.45) is 2.14. The lowest BCUT2D eigenvalue weighted by Crippen LogP contribution is -2.34. The Balaban J connectivity index is 2.33. The van der Waals surface area contributed by atoms with Crippen molar-refractivity contribution in [2.75, 3.05) is 7.11 Å². The van der Waals surface area contributed by atoms with Crippen LogP contribution in [0.4, 0.5) is 8.78 Å². The van der Waals surface area contributed by atoms with Crippen molar-refractivity contribution in [3.05, 3.63) is 57.0 Å². The Morgan fingerprint density at radius 2 is 1.54 bits per heavy atom. The quantitative estimate of drug-likeness (QED) is 0.557. The van der Waals surface area contributed by atoms with Gasteiger partial charge in [0.05, 0.1) is 7.11 Å². The molecular formula is C23H27F2NO2. The highest BCUT2D eigenvalue weighted by molar-refractivity contribution is 5.76. The van der Waals surface area contributed by atoms with E-state index in [1.165, 1.54) is 24.3 Å². The molecule has 5 heteroatoms. The number of fused-ring (bicyclic) bond motifs is 1. The molecule has 0 aromatic heterocycles. The predicted octanol–water partition coefficient (Wildman–Crippen LogP) is 6.56. The van der Waals surface area contributed by atoms with Crippen molar-refractivity contribution in [1.29, 1.82) is 0 Å². The number of ether oxygens (including phenoxy) is 1. The molecule has 0 saturated heterocycles. The number of halogens is 2. The number of rotatable bonds is 4. The minimum atomic E-state index is -1.09. The normalized spacial score (nSPS) is 17.1. The van der Waals surface area contributed by atoms with Crippen molar-refractivity contribution in [2.24, 2.45) is 5.18 Å². The fourth-order valence-electron chi connectivity index (χ4n) is 4.26. The van der Waals surface area contributed by atoms with Crippen LogP contribution in [0.3, 0.4) is 0 Å². The van der Waals surface area contributed by atoms with Gasteiger partial charge in [-0.05, 0) is 65.0 Å². The van der Waals surface area contributed by atoms with Crippen LogP contribution >= 0.6 is 0 Å². The second-order valence-electron chi connectivity index (χ2n) is 9.01. The van der Waals surface area contributed by atoms with Crippen LogP contribution in [0.1, 0.15) is 62.8 Å². The second-order valence-corrected chi connectivity index (χ2v) is 9.01. The van der Waals surface area contributed by atoms with Crippen molar-refractivity contribution in [3.8, 4) is 16.9 Å². The zero-order valence-corrected chi connectivity index (χ0v) is 17.4. The van der Waals surface area contributed by atoms with E-state index in [9.17, 15) is 13.7 Å². The molecule has 1 aliphatic rings. The molecule has 0 radical (unpaired) electrons. The van der Waals surface area contributed by atoms with E-state index < -0.39 is 18.2 Å². The van der Waals surface area contributed by atoms with E-state index >= 15 is 0 Å². The van der Waals surface area contributed by atoms with Crippen molar-refractivity contribution in [3.63, 3.8) is 0 Å². The largest absolute Gasteiger partial charge is 0.493 e. The summed E-state index contributed by atoms with van der Waals surface area (Å²) in [7, 11) is 1.32. The van der Waals surface area contributed by atoms with Crippen LogP contribution in [0.15, 0.2) is 23.4 Å². The molecule has 0 bridgehead atoms. The standard InChI is InChI=1S/C23H27F2NO2/c1-13-9-17-18(23(4,5)8-7-22(17,2)3)11-15(13)16-10-14(12-26-27)19(24)20(25)21(16)28-6/h9-11H,7-8,12H2,1-6H3. The SMILES string of the molecule is COc1c(-c2cc3c(cc2C)C(C)(C)CCC3(C)C)cc(CN=O)c(F)c1F. The minimum Gasteiger partial charge on any atom is -0.493 e. The average molecular weight is 387 g/mol. The van der Waals surface area contributed by atoms with Gasteiger partial charge in [-0.25, -0.2) is 4.39 Å². The Bertz CT molecular complexity index is 948. The maximum absolute atomic E-state index is 14.6. The van der Waals surface area contributed by atoms with Gasteiger partial charge in [-0.2, -0.15) is 9.30 Å². The zero-order valence-electron chi connectivity index (χ0n) is 17.4. The third-order valence-corrected chi connectivity index (χ3v) is 6.16. The Morgan fingerprint density at radius 1 is 0.964 bits per heavy atom. The maximum Gasteiger partial charge on any atom is 0.201 e. The topological polar surface area (TPSA) is 38.7 Å². The van der Waals surface area contributed by atoms with E-state index in [4.69, 9.17) is 4.74 Å². The van der Waals surface area contributed by atoms with E-state index in [0.29, 0.717) is 5.56 Å². The monoisotopic (exact) mass is 387 g/mol. The molecule has 1 aliphatic carbocycles. The predicted molar refractivity (Wildman–Crippen MR) is 108 cm³/mol. The fraction of sp³-hybridized carbons (Fsp3) is 0.478. The van der Waals surface area contributed by atoms with Gasteiger partial charge in [-0.15, -0.1) is 0 Å². The first kappa shape index (κ1) is 20.4. The smallest absolute Gasteiger partial charge is 0.201 e. The van der Waals surface area contributed by atoms with E-state index in [-0.39, 0.29) is 22.1 Å². The summed E-state index contributed by atoms with van der Waals surface area (Å²) < 4.78 is 34.1. The number of methoxy groups -OCH3 is 1. The molecular weight excluding hydrogens is 360 g/mol. The summed E-state index contributed by atoms with van der Waals surface area (Å²) in [5.41, 5.74) is 4.66. The van der Waals surface area contributed by atoms with Gasteiger partial charge in [0.1, 0.15) is 6.54 Å². The lowest BCUT2D eigenvalue weighted by molar-refractivity contribution is 0.332. The molecule has 0 saturated carbocycles. The highest BCUT2D eigenvalue weighted by Crippen LogP contribution is 2.48. The number of aryl methyl sites for hydroxylation is 1. The van der Waals surface area contributed by atoms with Crippen molar-refractivity contribution < 1.29 is 13.5 Å². The number of nitrogens with zero attached hydrogens (tertiary/aromatic N) is 1. The van der Waals surface area contributed by atoms with Crippen molar-refractivity contribution in [1.82, 2.24) is 0 Å². The van der Waals surface area contributed by atoms with Crippen LogP contribution in [0.2, 0.25) is 0 Å². The molecule has 0 spiro atoms. The molecule has 0 aliphatic heterocycles. The number of benzene rings is 2. The molecule has 0 amide bonds. The second kappa shape index (κ2) is 6.94. The number of hydrogen-bond acceptors (Lipinski definition) is 3. The summed E-state index contributed by atoms with van der Waals surface area (Å²) in [5, 5.41) is 2.74. The summed E-state index contributed by atoms with van der Waals surface area (Å²) >= 11 is 0. The van der Waals surface area contributed by atoms with E-state index in [1.807, 2.05) is 6.92 Å². The summed E-state index contributed by atoms with van der Waals surface area (Å²) in [5.74, 6) is -2.32. The van der Waals surface area contributed by atoms with E-state index in [1.54, 1.807) is 0 Å². The molecule has 0 heterocycles. The first-order chi connectivity index (χ1) is 13.0. The first-order valence-electron chi connectivity index (χ1n) is 9.53. The van der Waals surface area contributed by atoms with Crippen molar-refractivity contribution in [2.45, 2.75) is 64.8 Å². The Hall–Kier alpha value is -2.30. The van der Waals surface area contributed by atoms with Gasteiger partial charge in [0, 0.05) is 11.1 Å². The molecule has 0 unspecified atom stereocenters. The van der Waals surface area contributed by atoms with Gasteiger partial charge in [0.15, 0.2) is 11.6 Å². The maximum atomic E-state index is 14.6. The van der Waals surface area contributed by atoms with Gasteiger partial charge in [0.2, 0.25) is 5.82 Å². The van der Waals surface area contributed by atoms with Crippen LogP contribution in [0, 0.1) is 23.5 Å². The molecule has 3 rings (SSSR count). The molecule has 150 valence electrons. The first-order valence-corrected chi connectivity index (χ1v) is 9.53. The van der Waals surface area contributed by atoms with Crippen LogP contribution in [-0.2, 0) is 17.4 Å². The zero-order chi connectivity index (χ0) is 20.9. The van der Waals surface area contributed by atoms with Crippen LogP contribution in [0.25, 0.3) is 11.1 Å². The lowest BCUT2D eigenvalue weighted by atomic mass is 9.62. The van der Waals surface area contributed by atoms with Crippen LogP contribution in [-0.4, -0.2) is 7.11 Å². The fourth-order valence-corrected chi connectivity index (χ4v) is 4.26. The van der Waals surface area contributed by atoms with Gasteiger partial charge in [-0.1, -0.05) is 38.9 Å². The molecule has 0 atom stereocenters. The highest BCUT2D eigenvalue weighted by Gasteiger charge is 2.37. The molecule has 28 heavy (non-hydrogen) atoms. The third kappa shape index (κ3) is 3.21. The van der Waals surface area contributed by atoms with Crippen LogP contribution in [0.5, 0.6) is 5.75 Å². The number of hydrogen-bond donors (Lipinski definition) is 0. The van der Waals surface area contributed by atoms with E-state index in [2.05, 4.69) is 45.0 Å². The Kier molecular flexibility index (Phi) is 5.07. The van der Waals surface area contributed by atoms with Crippen LogP contribution < -0.4 is 4.74 Å². The number of nitroso groups, excluding NO2 is 1. The summed E-state index contributed by atoms with van der Waals surface area (Å²) in [4.78, 5) is 10.7. The molecule has 2 aromatic rings. The lowest BCUT2D eigenvalue weighted by Gasteiger charge is -2.42. The Morgan fingerprint density at radius 3 is 2.07 bits per heavy atom. The third-order valence-electron chi connectivity index (χ3n) is 6.16. The molecule has 2 aromatic carbocycles. The Labute approximate surface area is 165 Å². The summed E-state index contributed by atoms with van der Waals surface area (Å²) in [6, 6.07) is 5.72. The van der Waals surface area contributed by atoms with Gasteiger partial charge < -0.3 is 4.74 Å².